The van der Waals surface area contributed by atoms with Crippen LogP contribution in [0.2, 0.25) is 5.02 Å². The van der Waals surface area contributed by atoms with Crippen molar-refractivity contribution < 1.29 is 9.15 Å². The zero-order valence-electron chi connectivity index (χ0n) is 14.9. The Morgan fingerprint density at radius 2 is 2.07 bits per heavy atom. The summed E-state index contributed by atoms with van der Waals surface area (Å²) in [5.74, 6) is 1.19. The van der Waals surface area contributed by atoms with Crippen LogP contribution in [0.5, 0.6) is 0 Å². The minimum absolute atomic E-state index is 0.0214. The van der Waals surface area contributed by atoms with Crippen molar-refractivity contribution in [2.24, 2.45) is 0 Å². The molecule has 0 radical (unpaired) electrons. The Morgan fingerprint density at radius 3 is 2.78 bits per heavy atom. The van der Waals surface area contributed by atoms with Crippen LogP contribution >= 0.6 is 11.6 Å². The van der Waals surface area contributed by atoms with Gasteiger partial charge in [-0.1, -0.05) is 22.8 Å². The minimum atomic E-state index is -0.0214. The molecule has 4 rings (SSSR count). The predicted molar refractivity (Wildman–Crippen MR) is 103 cm³/mol. The van der Waals surface area contributed by atoms with Gasteiger partial charge in [0.25, 0.3) is 0 Å². The van der Waals surface area contributed by atoms with E-state index in [-0.39, 0.29) is 6.04 Å². The summed E-state index contributed by atoms with van der Waals surface area (Å²) in [6.45, 7) is 1.95. The molecule has 1 unspecified atom stereocenters. The molecule has 0 saturated carbocycles. The summed E-state index contributed by atoms with van der Waals surface area (Å²) >= 11 is 5.91. The van der Waals surface area contributed by atoms with E-state index >= 15 is 0 Å². The van der Waals surface area contributed by atoms with Crippen LogP contribution in [-0.2, 0) is 4.74 Å². The standard InChI is InChI=1S/C19H18ClN5O2/c1-12-10-25(11-21-12)16-8-7-15(9-17(16)26-2)22-19-24-23-18(27-19)13-3-5-14(20)6-4-13/h3-6,8-11,15H,7H2,1-2H3,(H,22,24). The van der Waals surface area contributed by atoms with Gasteiger partial charge < -0.3 is 19.0 Å². The molecule has 0 amide bonds. The molecule has 7 nitrogen and oxygen atoms in total. The molecule has 2 aromatic heterocycles. The Bertz CT molecular complexity index is 1000. The third kappa shape index (κ3) is 3.73. The first-order valence-electron chi connectivity index (χ1n) is 8.45. The number of nitrogens with zero attached hydrogens (tertiary/aromatic N) is 4. The fourth-order valence-corrected chi connectivity index (χ4v) is 3.01. The molecule has 1 aliphatic carbocycles. The summed E-state index contributed by atoms with van der Waals surface area (Å²) in [5.41, 5.74) is 2.73. The minimum Gasteiger partial charge on any atom is -0.495 e. The van der Waals surface area contributed by atoms with Gasteiger partial charge in [0.1, 0.15) is 5.76 Å². The van der Waals surface area contributed by atoms with Crippen LogP contribution in [0.25, 0.3) is 17.2 Å². The Kier molecular flexibility index (Phi) is 4.68. The largest absolute Gasteiger partial charge is 0.495 e. The van der Waals surface area contributed by atoms with E-state index in [0.717, 1.165) is 29.1 Å². The molecule has 8 heteroatoms. The van der Waals surface area contributed by atoms with Gasteiger partial charge in [-0.2, -0.15) is 0 Å². The number of aromatic nitrogens is 4. The van der Waals surface area contributed by atoms with E-state index in [1.165, 1.54) is 0 Å². The van der Waals surface area contributed by atoms with Crippen molar-refractivity contribution in [1.29, 1.82) is 0 Å². The summed E-state index contributed by atoms with van der Waals surface area (Å²) < 4.78 is 13.2. The molecule has 2 heterocycles. The highest BCUT2D eigenvalue weighted by Gasteiger charge is 2.20. The maximum Gasteiger partial charge on any atom is 0.316 e. The predicted octanol–water partition coefficient (Wildman–Crippen LogP) is 4.15. The van der Waals surface area contributed by atoms with Crippen LogP contribution in [-0.4, -0.2) is 32.9 Å². The fourth-order valence-electron chi connectivity index (χ4n) is 2.88. The summed E-state index contributed by atoms with van der Waals surface area (Å²) in [5, 5.41) is 12.0. The van der Waals surface area contributed by atoms with E-state index in [4.69, 9.17) is 20.8 Å². The van der Waals surface area contributed by atoms with Crippen LogP contribution in [0.3, 0.4) is 0 Å². The number of allylic oxidation sites excluding steroid dienone is 1. The van der Waals surface area contributed by atoms with Crippen molar-refractivity contribution in [3.63, 3.8) is 0 Å². The molecule has 3 aromatic rings. The van der Waals surface area contributed by atoms with E-state index in [2.05, 4.69) is 26.6 Å². The SMILES string of the molecule is COC1=CC(Nc2nnc(-c3ccc(Cl)cc3)o2)CC=C1n1cnc(C)c1. The van der Waals surface area contributed by atoms with E-state index < -0.39 is 0 Å². The maximum atomic E-state index is 5.91. The normalized spacial score (nSPS) is 16.6. The summed E-state index contributed by atoms with van der Waals surface area (Å²) in [4.78, 5) is 4.27. The first kappa shape index (κ1) is 17.4. The molecule has 1 aliphatic rings. The quantitative estimate of drug-likeness (QED) is 0.713. The number of rotatable bonds is 5. The number of nitrogens with one attached hydrogen (secondary N) is 1. The first-order chi connectivity index (χ1) is 13.1. The van der Waals surface area contributed by atoms with Gasteiger partial charge in [-0.3, -0.25) is 0 Å². The molecule has 1 aromatic carbocycles. The fraction of sp³-hybridized carbons (Fsp3) is 0.211. The highest BCUT2D eigenvalue weighted by atomic mass is 35.5. The number of methoxy groups -OCH3 is 1. The second kappa shape index (κ2) is 7.28. The Labute approximate surface area is 161 Å². The van der Waals surface area contributed by atoms with Gasteiger partial charge in [0.05, 0.1) is 30.9 Å². The number of hydrogen-bond acceptors (Lipinski definition) is 6. The molecule has 1 atom stereocenters. The number of ether oxygens (including phenoxy) is 1. The highest BCUT2D eigenvalue weighted by Crippen LogP contribution is 2.27. The second-order valence-electron chi connectivity index (χ2n) is 6.15. The molecule has 0 fully saturated rings. The van der Waals surface area contributed by atoms with Gasteiger partial charge in [0.15, 0.2) is 0 Å². The van der Waals surface area contributed by atoms with Crippen LogP contribution in [0.4, 0.5) is 6.01 Å². The lowest BCUT2D eigenvalue weighted by atomic mass is 10.1. The van der Waals surface area contributed by atoms with E-state index in [1.54, 1.807) is 25.6 Å². The monoisotopic (exact) mass is 383 g/mol. The second-order valence-corrected chi connectivity index (χ2v) is 6.59. The highest BCUT2D eigenvalue weighted by molar-refractivity contribution is 6.30. The summed E-state index contributed by atoms with van der Waals surface area (Å²) in [6, 6.07) is 7.58. The maximum absolute atomic E-state index is 5.91. The number of hydrogen-bond donors (Lipinski definition) is 1. The topological polar surface area (TPSA) is 78.0 Å². The van der Waals surface area contributed by atoms with Crippen LogP contribution in [0.15, 0.2) is 59.1 Å². The molecule has 27 heavy (non-hydrogen) atoms. The van der Waals surface area contributed by atoms with Crippen molar-refractivity contribution in [1.82, 2.24) is 19.7 Å². The summed E-state index contributed by atoms with van der Waals surface area (Å²) in [6.07, 6.45) is 8.57. The van der Waals surface area contributed by atoms with Gasteiger partial charge in [-0.15, -0.1) is 5.10 Å². The Balaban J connectivity index is 1.49. The number of benzene rings is 1. The lowest BCUT2D eigenvalue weighted by Crippen LogP contribution is -2.21. The van der Waals surface area contributed by atoms with Crippen molar-refractivity contribution >= 4 is 23.3 Å². The lowest BCUT2D eigenvalue weighted by molar-refractivity contribution is 0.303. The van der Waals surface area contributed by atoms with Gasteiger partial charge in [-0.25, -0.2) is 4.98 Å². The van der Waals surface area contributed by atoms with Crippen molar-refractivity contribution in [3.05, 3.63) is 65.4 Å². The number of imidazole rings is 1. The van der Waals surface area contributed by atoms with Crippen molar-refractivity contribution in [2.75, 3.05) is 12.4 Å². The van der Waals surface area contributed by atoms with Crippen molar-refractivity contribution in [3.8, 4) is 11.5 Å². The first-order valence-corrected chi connectivity index (χ1v) is 8.83. The molecule has 0 saturated heterocycles. The Hall–Kier alpha value is -3.06. The third-order valence-corrected chi connectivity index (χ3v) is 4.46. The molecular weight excluding hydrogens is 366 g/mol. The molecule has 0 bridgehead atoms. The van der Waals surface area contributed by atoms with Gasteiger partial charge in [-0.05, 0) is 43.7 Å². The number of aryl methyl sites for hydroxylation is 1. The lowest BCUT2D eigenvalue weighted by Gasteiger charge is -2.21. The van der Waals surface area contributed by atoms with Gasteiger partial charge >= 0.3 is 6.01 Å². The molecule has 0 spiro atoms. The van der Waals surface area contributed by atoms with Crippen LogP contribution < -0.4 is 5.32 Å². The summed E-state index contributed by atoms with van der Waals surface area (Å²) in [7, 11) is 1.65. The Morgan fingerprint density at radius 1 is 1.26 bits per heavy atom. The smallest absolute Gasteiger partial charge is 0.316 e. The van der Waals surface area contributed by atoms with Crippen LogP contribution in [0, 0.1) is 6.92 Å². The molecule has 138 valence electrons. The zero-order chi connectivity index (χ0) is 18.8. The molecular formula is C19H18ClN5O2. The van der Waals surface area contributed by atoms with Crippen molar-refractivity contribution in [2.45, 2.75) is 19.4 Å². The average molecular weight is 384 g/mol. The van der Waals surface area contributed by atoms with E-state index in [1.807, 2.05) is 35.9 Å². The van der Waals surface area contributed by atoms with Gasteiger partial charge in [0, 0.05) is 16.8 Å². The average Bonchev–Trinajstić information content (AvgIpc) is 3.31. The van der Waals surface area contributed by atoms with Gasteiger partial charge in [0.2, 0.25) is 5.89 Å². The zero-order valence-corrected chi connectivity index (χ0v) is 15.6. The van der Waals surface area contributed by atoms with Crippen LogP contribution in [0.1, 0.15) is 12.1 Å². The molecule has 1 N–H and O–H groups in total. The number of anilines is 1. The van der Waals surface area contributed by atoms with E-state index in [9.17, 15) is 0 Å². The molecule has 0 aliphatic heterocycles. The third-order valence-electron chi connectivity index (χ3n) is 4.20. The van der Waals surface area contributed by atoms with E-state index in [0.29, 0.717) is 16.9 Å². The number of halogens is 1.